The van der Waals surface area contributed by atoms with Gasteiger partial charge >= 0.3 is 0 Å². The minimum atomic E-state index is 0.179. The average molecular weight is 292 g/mol. The summed E-state index contributed by atoms with van der Waals surface area (Å²) in [6, 6.07) is 3.81. The highest BCUT2D eigenvalue weighted by Gasteiger charge is 2.17. The van der Waals surface area contributed by atoms with Gasteiger partial charge in [0, 0.05) is 50.6 Å². The molecule has 0 saturated carbocycles. The van der Waals surface area contributed by atoms with Gasteiger partial charge in [0.15, 0.2) is 0 Å². The molecule has 6 heteroatoms. The van der Waals surface area contributed by atoms with Gasteiger partial charge in [-0.1, -0.05) is 0 Å². The van der Waals surface area contributed by atoms with E-state index >= 15 is 0 Å². The Morgan fingerprint density at radius 2 is 2.14 bits per heavy atom. The summed E-state index contributed by atoms with van der Waals surface area (Å²) in [5, 5.41) is 3.25. The summed E-state index contributed by atoms with van der Waals surface area (Å²) in [4.78, 5) is 20.6. The van der Waals surface area contributed by atoms with Crippen molar-refractivity contribution in [1.29, 1.82) is 0 Å². The Hall–Kier alpha value is -1.66. The van der Waals surface area contributed by atoms with Crippen LogP contribution in [0.25, 0.3) is 0 Å². The zero-order valence-corrected chi connectivity index (χ0v) is 13.1. The maximum Gasteiger partial charge on any atom is 0.236 e. The zero-order valence-electron chi connectivity index (χ0n) is 13.1. The lowest BCUT2D eigenvalue weighted by Crippen LogP contribution is -2.49. The minimum absolute atomic E-state index is 0.179. The van der Waals surface area contributed by atoms with E-state index in [2.05, 4.69) is 10.3 Å². The minimum Gasteiger partial charge on any atom is -0.497 e. The number of methoxy groups -OCH3 is 1. The highest BCUT2D eigenvalue weighted by atomic mass is 16.5. The van der Waals surface area contributed by atoms with Crippen LogP contribution in [-0.4, -0.2) is 67.6 Å². The highest BCUT2D eigenvalue weighted by molar-refractivity contribution is 5.78. The normalized spacial score (nSPS) is 15.3. The van der Waals surface area contributed by atoms with Gasteiger partial charge in [0.1, 0.15) is 5.75 Å². The molecule has 0 aromatic carbocycles. The molecule has 1 fully saturated rings. The third-order valence-corrected chi connectivity index (χ3v) is 3.52. The summed E-state index contributed by atoms with van der Waals surface area (Å²) in [5.41, 5.74) is 1.84. The summed E-state index contributed by atoms with van der Waals surface area (Å²) in [6.07, 6.45) is 0. The molecular weight excluding hydrogens is 268 g/mol. The van der Waals surface area contributed by atoms with Crippen LogP contribution in [0.1, 0.15) is 11.4 Å². The zero-order chi connectivity index (χ0) is 15.2. The number of carbonyl (C=O) groups is 1. The number of piperazine rings is 1. The molecule has 0 bridgehead atoms. The molecule has 0 atom stereocenters. The first kappa shape index (κ1) is 15.7. The summed E-state index contributed by atoms with van der Waals surface area (Å²) < 4.78 is 5.25. The van der Waals surface area contributed by atoms with Crippen LogP contribution in [0.3, 0.4) is 0 Å². The fourth-order valence-electron chi connectivity index (χ4n) is 2.48. The molecule has 21 heavy (non-hydrogen) atoms. The lowest BCUT2D eigenvalue weighted by molar-refractivity contribution is -0.132. The topological polar surface area (TPSA) is 57.7 Å². The molecule has 1 N–H and O–H groups in total. The third kappa shape index (κ3) is 4.68. The predicted molar refractivity (Wildman–Crippen MR) is 81.3 cm³/mol. The summed E-state index contributed by atoms with van der Waals surface area (Å²) in [7, 11) is 3.59. The smallest absolute Gasteiger partial charge is 0.236 e. The highest BCUT2D eigenvalue weighted by Crippen LogP contribution is 2.14. The van der Waals surface area contributed by atoms with Gasteiger partial charge in [0.05, 0.1) is 19.3 Å². The largest absolute Gasteiger partial charge is 0.497 e. The number of pyridine rings is 1. The molecule has 0 aliphatic carbocycles. The molecular formula is C15H24N4O2. The Morgan fingerprint density at radius 3 is 2.81 bits per heavy atom. The van der Waals surface area contributed by atoms with Crippen molar-refractivity contribution >= 4 is 5.91 Å². The van der Waals surface area contributed by atoms with E-state index < -0.39 is 0 Å². The Bertz CT molecular complexity index is 487. The van der Waals surface area contributed by atoms with Gasteiger partial charge in [0.25, 0.3) is 0 Å². The van der Waals surface area contributed by atoms with Gasteiger partial charge in [-0.3, -0.25) is 14.7 Å². The van der Waals surface area contributed by atoms with Gasteiger partial charge in [-0.2, -0.15) is 0 Å². The van der Waals surface area contributed by atoms with Crippen molar-refractivity contribution in [2.75, 3.05) is 46.9 Å². The van der Waals surface area contributed by atoms with Crippen molar-refractivity contribution < 1.29 is 9.53 Å². The number of nitrogens with zero attached hydrogens (tertiary/aromatic N) is 3. The van der Waals surface area contributed by atoms with Crippen LogP contribution in [0.5, 0.6) is 5.75 Å². The van der Waals surface area contributed by atoms with Crippen molar-refractivity contribution in [3.05, 3.63) is 23.5 Å². The number of amides is 1. The van der Waals surface area contributed by atoms with E-state index in [1.54, 1.807) is 7.11 Å². The second-order valence-corrected chi connectivity index (χ2v) is 5.44. The molecule has 2 heterocycles. The number of rotatable bonds is 5. The van der Waals surface area contributed by atoms with Crippen LogP contribution in [-0.2, 0) is 11.3 Å². The van der Waals surface area contributed by atoms with E-state index in [-0.39, 0.29) is 5.91 Å². The number of aromatic nitrogens is 1. The summed E-state index contributed by atoms with van der Waals surface area (Å²) >= 11 is 0. The van der Waals surface area contributed by atoms with E-state index in [1.165, 1.54) is 0 Å². The van der Waals surface area contributed by atoms with Crippen molar-refractivity contribution in [2.24, 2.45) is 0 Å². The molecule has 6 nitrogen and oxygen atoms in total. The van der Waals surface area contributed by atoms with E-state index in [9.17, 15) is 4.79 Å². The van der Waals surface area contributed by atoms with Gasteiger partial charge in [-0.25, -0.2) is 0 Å². The van der Waals surface area contributed by atoms with Crippen LogP contribution < -0.4 is 10.1 Å². The molecule has 0 spiro atoms. The van der Waals surface area contributed by atoms with Gasteiger partial charge in [0.2, 0.25) is 5.91 Å². The van der Waals surface area contributed by atoms with Gasteiger partial charge in [-0.05, 0) is 14.0 Å². The maximum atomic E-state index is 12.2. The van der Waals surface area contributed by atoms with E-state index in [0.29, 0.717) is 13.1 Å². The van der Waals surface area contributed by atoms with Gasteiger partial charge < -0.3 is 15.0 Å². The molecule has 1 aliphatic rings. The monoisotopic (exact) mass is 292 g/mol. The predicted octanol–water partition coefficient (Wildman–Crippen LogP) is 0.262. The summed E-state index contributed by atoms with van der Waals surface area (Å²) in [5.74, 6) is 0.984. The summed E-state index contributed by atoms with van der Waals surface area (Å²) in [6.45, 7) is 6.34. The van der Waals surface area contributed by atoms with Crippen LogP contribution in [0, 0.1) is 6.92 Å². The fraction of sp³-hybridized carbons (Fsp3) is 0.600. The van der Waals surface area contributed by atoms with Crippen molar-refractivity contribution in [1.82, 2.24) is 20.1 Å². The van der Waals surface area contributed by atoms with Crippen molar-refractivity contribution in [3.63, 3.8) is 0 Å². The number of hydrogen-bond donors (Lipinski definition) is 1. The average Bonchev–Trinajstić information content (AvgIpc) is 2.47. The Kier molecular flexibility index (Phi) is 5.52. The van der Waals surface area contributed by atoms with Crippen LogP contribution >= 0.6 is 0 Å². The van der Waals surface area contributed by atoms with Crippen LogP contribution in [0.15, 0.2) is 12.1 Å². The first-order chi connectivity index (χ1) is 10.1. The lowest BCUT2D eigenvalue weighted by Gasteiger charge is -2.29. The molecule has 116 valence electrons. The SMILES string of the molecule is COc1cc(C)nc(CN(C)CC(=O)N2CCNCC2)c1. The first-order valence-electron chi connectivity index (χ1n) is 7.27. The van der Waals surface area contributed by atoms with Crippen LogP contribution in [0.4, 0.5) is 0 Å². The molecule has 1 aliphatic heterocycles. The van der Waals surface area contributed by atoms with Crippen molar-refractivity contribution in [3.8, 4) is 5.75 Å². The quantitative estimate of drug-likeness (QED) is 0.844. The molecule has 0 unspecified atom stereocenters. The number of ether oxygens (including phenoxy) is 1. The van der Waals surface area contributed by atoms with Gasteiger partial charge in [-0.15, -0.1) is 0 Å². The Morgan fingerprint density at radius 1 is 1.43 bits per heavy atom. The third-order valence-electron chi connectivity index (χ3n) is 3.52. The Balaban J connectivity index is 1.90. The molecule has 1 amide bonds. The molecule has 1 aromatic rings. The Labute approximate surface area is 126 Å². The lowest BCUT2D eigenvalue weighted by atomic mass is 10.2. The number of nitrogens with one attached hydrogen (secondary N) is 1. The van der Waals surface area contributed by atoms with Crippen LogP contribution in [0.2, 0.25) is 0 Å². The maximum absolute atomic E-state index is 12.2. The second-order valence-electron chi connectivity index (χ2n) is 5.44. The van der Waals surface area contributed by atoms with E-state index in [0.717, 1.165) is 43.3 Å². The first-order valence-corrected chi connectivity index (χ1v) is 7.27. The molecule has 1 aromatic heterocycles. The van der Waals surface area contributed by atoms with E-state index in [1.807, 2.05) is 35.9 Å². The number of aryl methyl sites for hydroxylation is 1. The number of hydrogen-bond acceptors (Lipinski definition) is 5. The molecule has 1 saturated heterocycles. The molecule has 2 rings (SSSR count). The number of likely N-dealkylation sites (N-methyl/N-ethyl adjacent to an activating group) is 1. The fourth-order valence-corrected chi connectivity index (χ4v) is 2.48. The number of carbonyl (C=O) groups excluding carboxylic acids is 1. The standard InChI is InChI=1S/C15H24N4O2/c1-12-8-14(21-3)9-13(17-12)10-18(2)11-15(20)19-6-4-16-5-7-19/h8-9,16H,4-7,10-11H2,1-3H3. The second kappa shape index (κ2) is 7.38. The van der Waals surface area contributed by atoms with Crippen molar-refractivity contribution in [2.45, 2.75) is 13.5 Å². The van der Waals surface area contributed by atoms with E-state index in [4.69, 9.17) is 4.74 Å². The molecule has 0 radical (unpaired) electrons.